The van der Waals surface area contributed by atoms with Gasteiger partial charge in [-0.1, -0.05) is 30.3 Å². The summed E-state index contributed by atoms with van der Waals surface area (Å²) >= 11 is 0. The molecule has 0 aliphatic carbocycles. The summed E-state index contributed by atoms with van der Waals surface area (Å²) < 4.78 is 0. The van der Waals surface area contributed by atoms with Crippen molar-refractivity contribution < 1.29 is 9.90 Å². The number of aromatic hydroxyl groups is 1. The van der Waals surface area contributed by atoms with Gasteiger partial charge in [-0.3, -0.25) is 4.79 Å². The number of phenols is 1. The van der Waals surface area contributed by atoms with E-state index in [4.69, 9.17) is 0 Å². The van der Waals surface area contributed by atoms with Crippen LogP contribution in [0, 0.1) is 0 Å². The second kappa shape index (κ2) is 4.55. The predicted molar refractivity (Wildman–Crippen MR) is 59.5 cm³/mol. The molecule has 0 amide bonds. The van der Waals surface area contributed by atoms with E-state index in [1.807, 2.05) is 24.3 Å². The van der Waals surface area contributed by atoms with Crippen LogP contribution in [0.5, 0.6) is 5.75 Å². The molecule has 2 rings (SSSR count). The molecule has 0 saturated heterocycles. The van der Waals surface area contributed by atoms with Crippen molar-refractivity contribution in [2.45, 2.75) is 0 Å². The molecule has 2 nitrogen and oxygen atoms in total. The number of carbonyl (C=O) groups excluding carboxylic acids is 1. The van der Waals surface area contributed by atoms with Crippen molar-refractivity contribution in [2.24, 2.45) is 0 Å². The molecule has 0 unspecified atom stereocenters. The number of rotatable bonds is 1. The van der Waals surface area contributed by atoms with E-state index < -0.39 is 0 Å². The minimum atomic E-state index is 0. The van der Waals surface area contributed by atoms with E-state index in [2.05, 4.69) is 0 Å². The Labute approximate surface area is 102 Å². The zero-order chi connectivity index (χ0) is 9.26. The normalized spacial score (nSPS) is 9.43. The van der Waals surface area contributed by atoms with Crippen LogP contribution in [0.4, 0.5) is 0 Å². The van der Waals surface area contributed by atoms with Crippen LogP contribution in [-0.2, 0) is 0 Å². The van der Waals surface area contributed by atoms with Gasteiger partial charge in [0.25, 0.3) is 0 Å². The van der Waals surface area contributed by atoms with Gasteiger partial charge in [0.2, 0.25) is 0 Å². The molecule has 0 bridgehead atoms. The van der Waals surface area contributed by atoms with Gasteiger partial charge in [0.05, 0.1) is 5.56 Å². The zero-order valence-electron chi connectivity index (χ0n) is 7.60. The van der Waals surface area contributed by atoms with Crippen LogP contribution < -0.4 is 0 Å². The predicted octanol–water partition coefficient (Wildman–Crippen LogP) is 1.44. The van der Waals surface area contributed by atoms with Crippen LogP contribution in [0.15, 0.2) is 36.4 Å². The molecule has 2 aromatic rings. The summed E-state index contributed by atoms with van der Waals surface area (Å²) in [5.41, 5.74) is 0.359. The number of aldehydes is 1. The summed E-state index contributed by atoms with van der Waals surface area (Å²) in [6.07, 6.45) is 0.678. The Bertz CT molecular complexity index is 466. The van der Waals surface area contributed by atoms with Crippen molar-refractivity contribution in [1.82, 2.24) is 0 Å². The molecule has 3 heteroatoms. The number of benzene rings is 2. The SMILES string of the molecule is O=Cc1c(O)ccc2ccccc12.[PbH2]. The molecular formula is C11H10O2Pb. The summed E-state index contributed by atoms with van der Waals surface area (Å²) in [5, 5.41) is 11.1. The van der Waals surface area contributed by atoms with Gasteiger partial charge in [0, 0.05) is 0 Å². The Kier molecular flexibility index (Phi) is 3.63. The van der Waals surface area contributed by atoms with Crippen LogP contribution >= 0.6 is 0 Å². The molecule has 0 aliphatic rings. The van der Waals surface area contributed by atoms with E-state index >= 15 is 0 Å². The van der Waals surface area contributed by atoms with Crippen LogP contribution in [0.3, 0.4) is 0 Å². The Morgan fingerprint density at radius 3 is 2.50 bits per heavy atom. The first-order valence-electron chi connectivity index (χ1n) is 3.99. The first-order valence-corrected chi connectivity index (χ1v) is 3.99. The van der Waals surface area contributed by atoms with Crippen molar-refractivity contribution >= 4 is 44.4 Å². The van der Waals surface area contributed by atoms with Crippen molar-refractivity contribution in [1.29, 1.82) is 0 Å². The molecule has 70 valence electrons. The molecule has 0 aromatic heterocycles. The zero-order valence-corrected chi connectivity index (χ0v) is 13.1. The van der Waals surface area contributed by atoms with E-state index in [1.54, 1.807) is 6.07 Å². The summed E-state index contributed by atoms with van der Waals surface area (Å²) in [5.74, 6) is 0.0358. The Balaban J connectivity index is 0.000000980. The number of phenolic OH excluding ortho intramolecular Hbond substituents is 1. The molecule has 0 atom stereocenters. The quantitative estimate of drug-likeness (QED) is 0.600. The van der Waals surface area contributed by atoms with Gasteiger partial charge in [0.15, 0.2) is 6.29 Å². The minimum absolute atomic E-state index is 0. The Hall–Kier alpha value is -0.908. The van der Waals surface area contributed by atoms with E-state index in [0.717, 1.165) is 10.8 Å². The van der Waals surface area contributed by atoms with Crippen molar-refractivity contribution in [3.63, 3.8) is 0 Å². The molecular weight excluding hydrogens is 371 g/mol. The molecule has 0 heterocycles. The fourth-order valence-electron chi connectivity index (χ4n) is 1.41. The molecule has 0 aliphatic heterocycles. The van der Waals surface area contributed by atoms with Crippen LogP contribution in [0.1, 0.15) is 10.4 Å². The summed E-state index contributed by atoms with van der Waals surface area (Å²) in [4.78, 5) is 10.7. The summed E-state index contributed by atoms with van der Waals surface area (Å²) in [6, 6.07) is 10.8. The average molecular weight is 381 g/mol. The van der Waals surface area contributed by atoms with Gasteiger partial charge in [0.1, 0.15) is 5.75 Å². The standard InChI is InChI=1S/C11H8O2.Pb.2H/c12-7-10-9-4-2-1-3-8(9)5-6-11(10)13;;;/h1-7,13H;;;. The molecule has 0 saturated carbocycles. The van der Waals surface area contributed by atoms with Crippen LogP contribution in [0.25, 0.3) is 10.8 Å². The molecule has 0 fully saturated rings. The Morgan fingerprint density at radius 1 is 1.07 bits per heavy atom. The molecule has 1 N–H and O–H groups in total. The molecule has 2 aromatic carbocycles. The number of hydrogen-bond donors (Lipinski definition) is 1. The van der Waals surface area contributed by atoms with Crippen LogP contribution in [-0.4, -0.2) is 38.7 Å². The summed E-state index contributed by atoms with van der Waals surface area (Å²) in [7, 11) is 0. The average Bonchev–Trinajstić information content (AvgIpc) is 2.18. The second-order valence-electron chi connectivity index (χ2n) is 2.84. The number of carbonyl (C=O) groups is 1. The van der Waals surface area contributed by atoms with Gasteiger partial charge < -0.3 is 5.11 Å². The van der Waals surface area contributed by atoms with Crippen molar-refractivity contribution in [3.8, 4) is 5.75 Å². The molecule has 2 radical (unpaired) electrons. The monoisotopic (exact) mass is 382 g/mol. The van der Waals surface area contributed by atoms with Crippen molar-refractivity contribution in [2.75, 3.05) is 0 Å². The first-order chi connectivity index (χ1) is 6.33. The van der Waals surface area contributed by atoms with Gasteiger partial charge in [-0.2, -0.15) is 0 Å². The van der Waals surface area contributed by atoms with Gasteiger partial charge in [-0.05, 0) is 16.8 Å². The van der Waals surface area contributed by atoms with Gasteiger partial charge >= 0.3 is 27.3 Å². The van der Waals surface area contributed by atoms with Gasteiger partial charge in [-0.15, -0.1) is 0 Å². The second-order valence-corrected chi connectivity index (χ2v) is 2.84. The summed E-state index contributed by atoms with van der Waals surface area (Å²) in [6.45, 7) is 0. The van der Waals surface area contributed by atoms with E-state index in [1.165, 1.54) is 6.07 Å². The third-order valence-electron chi connectivity index (χ3n) is 2.07. The number of hydrogen-bond acceptors (Lipinski definition) is 2. The maximum absolute atomic E-state index is 10.7. The van der Waals surface area contributed by atoms with E-state index in [-0.39, 0.29) is 33.0 Å². The topological polar surface area (TPSA) is 37.3 Å². The molecule has 0 spiro atoms. The van der Waals surface area contributed by atoms with E-state index in [9.17, 15) is 9.90 Å². The first kappa shape index (κ1) is 11.2. The number of fused-ring (bicyclic) bond motifs is 1. The Morgan fingerprint density at radius 2 is 1.79 bits per heavy atom. The molecule has 14 heavy (non-hydrogen) atoms. The van der Waals surface area contributed by atoms with E-state index in [0.29, 0.717) is 11.8 Å². The third-order valence-corrected chi connectivity index (χ3v) is 2.07. The maximum atomic E-state index is 10.7. The van der Waals surface area contributed by atoms with Crippen molar-refractivity contribution in [3.05, 3.63) is 42.0 Å². The third kappa shape index (κ3) is 1.79. The van der Waals surface area contributed by atoms with Crippen LogP contribution in [0.2, 0.25) is 0 Å². The van der Waals surface area contributed by atoms with Gasteiger partial charge in [-0.25, -0.2) is 0 Å². The fourth-order valence-corrected chi connectivity index (χ4v) is 1.41. The fraction of sp³-hybridized carbons (Fsp3) is 0.